The molecule has 116 valence electrons. The van der Waals surface area contributed by atoms with Gasteiger partial charge in [0.1, 0.15) is 12.2 Å². The van der Waals surface area contributed by atoms with Crippen LogP contribution >= 0.6 is 0 Å². The van der Waals surface area contributed by atoms with Crippen molar-refractivity contribution in [3.63, 3.8) is 0 Å². The highest BCUT2D eigenvalue weighted by Gasteiger charge is 2.60. The number of carbonyl (C=O) groups is 3. The smallest absolute Gasteiger partial charge is 0.334 e. The third-order valence-corrected chi connectivity index (χ3v) is 5.10. The van der Waals surface area contributed by atoms with Crippen LogP contribution in [0.25, 0.3) is 0 Å². The van der Waals surface area contributed by atoms with Gasteiger partial charge in [-0.3, -0.25) is 9.59 Å². The molecule has 0 amide bonds. The maximum Gasteiger partial charge on any atom is 0.334 e. The second kappa shape index (κ2) is 4.66. The van der Waals surface area contributed by atoms with Crippen molar-refractivity contribution in [1.82, 2.24) is 0 Å². The van der Waals surface area contributed by atoms with Gasteiger partial charge in [-0.1, -0.05) is 26.2 Å². The molecule has 5 atom stereocenters. The van der Waals surface area contributed by atoms with Gasteiger partial charge in [-0.25, -0.2) is 4.79 Å². The standard InChI is InChI=1S/C17H18O5/c1-8-11-7-13(21-10(3)18)17(4)6-5-12(19)9(2)14(17)15(11)22-16(8)20/h5-6,11,13-15H,1-2,7H2,3-4H3/t11-,13-,14+,15-,17-/m0/s1. The minimum Gasteiger partial charge on any atom is -0.462 e. The van der Waals surface area contributed by atoms with Crippen LogP contribution in [0.4, 0.5) is 0 Å². The van der Waals surface area contributed by atoms with Gasteiger partial charge in [0.05, 0.1) is 0 Å². The van der Waals surface area contributed by atoms with Gasteiger partial charge in [0, 0.05) is 35.3 Å². The maximum atomic E-state index is 12.0. The fourth-order valence-corrected chi connectivity index (χ4v) is 3.92. The molecule has 2 aliphatic carbocycles. The molecule has 5 heteroatoms. The fraction of sp³-hybridized carbons (Fsp3) is 0.471. The van der Waals surface area contributed by atoms with Gasteiger partial charge in [0.25, 0.3) is 0 Å². The average Bonchev–Trinajstić information content (AvgIpc) is 2.70. The van der Waals surface area contributed by atoms with E-state index >= 15 is 0 Å². The largest absolute Gasteiger partial charge is 0.462 e. The summed E-state index contributed by atoms with van der Waals surface area (Å²) in [6.45, 7) is 10.9. The number of esters is 2. The van der Waals surface area contributed by atoms with Crippen LogP contribution in [0.1, 0.15) is 20.3 Å². The van der Waals surface area contributed by atoms with Gasteiger partial charge >= 0.3 is 11.9 Å². The summed E-state index contributed by atoms with van der Waals surface area (Å²) in [5.41, 5.74) is 0.140. The number of hydrogen-bond acceptors (Lipinski definition) is 5. The summed E-state index contributed by atoms with van der Waals surface area (Å²) < 4.78 is 10.9. The van der Waals surface area contributed by atoms with Gasteiger partial charge in [0.15, 0.2) is 5.78 Å². The van der Waals surface area contributed by atoms with E-state index < -0.39 is 35.5 Å². The first-order chi connectivity index (χ1) is 10.3. The van der Waals surface area contributed by atoms with Crippen LogP contribution < -0.4 is 0 Å². The molecule has 3 rings (SSSR count). The van der Waals surface area contributed by atoms with Crippen LogP contribution in [0.15, 0.2) is 36.5 Å². The third kappa shape index (κ3) is 1.88. The number of ketones is 1. The molecule has 0 aromatic heterocycles. The van der Waals surface area contributed by atoms with Crippen LogP contribution in [0.2, 0.25) is 0 Å². The van der Waals surface area contributed by atoms with E-state index in [4.69, 9.17) is 9.47 Å². The van der Waals surface area contributed by atoms with Gasteiger partial charge < -0.3 is 9.47 Å². The van der Waals surface area contributed by atoms with Crippen molar-refractivity contribution in [2.45, 2.75) is 32.5 Å². The Kier molecular flexibility index (Phi) is 3.13. The Balaban J connectivity index is 2.09. The minimum absolute atomic E-state index is 0.182. The van der Waals surface area contributed by atoms with Crippen LogP contribution in [-0.4, -0.2) is 29.9 Å². The first kappa shape index (κ1) is 14.8. The Bertz CT molecular complexity index is 643. The van der Waals surface area contributed by atoms with Gasteiger partial charge in [-0.05, 0) is 12.5 Å². The molecule has 1 saturated carbocycles. The van der Waals surface area contributed by atoms with Crippen molar-refractivity contribution >= 4 is 17.7 Å². The van der Waals surface area contributed by atoms with E-state index in [9.17, 15) is 14.4 Å². The number of fused-ring (bicyclic) bond motifs is 3. The Labute approximate surface area is 128 Å². The Morgan fingerprint density at radius 2 is 2.05 bits per heavy atom. The zero-order valence-corrected chi connectivity index (χ0v) is 12.6. The van der Waals surface area contributed by atoms with Gasteiger partial charge in [0.2, 0.25) is 0 Å². The van der Waals surface area contributed by atoms with Gasteiger partial charge in [-0.15, -0.1) is 0 Å². The predicted octanol–water partition coefficient (Wildman–Crippen LogP) is 1.74. The van der Waals surface area contributed by atoms with E-state index in [-0.39, 0.29) is 11.7 Å². The number of carbonyl (C=O) groups excluding carboxylic acids is 3. The monoisotopic (exact) mass is 302 g/mol. The molecule has 0 N–H and O–H groups in total. The summed E-state index contributed by atoms with van der Waals surface area (Å²) >= 11 is 0. The lowest BCUT2D eigenvalue weighted by Gasteiger charge is -2.50. The molecule has 1 aliphatic heterocycles. The molecule has 2 fully saturated rings. The van der Waals surface area contributed by atoms with E-state index in [1.54, 1.807) is 6.08 Å². The van der Waals surface area contributed by atoms with Crippen molar-refractivity contribution in [2.24, 2.45) is 17.3 Å². The first-order valence-corrected chi connectivity index (χ1v) is 7.25. The number of hydrogen-bond donors (Lipinski definition) is 0. The fourth-order valence-electron chi connectivity index (χ4n) is 3.92. The summed E-state index contributed by atoms with van der Waals surface area (Å²) in [5, 5.41) is 0. The normalized spacial score (nSPS) is 40.1. The third-order valence-electron chi connectivity index (χ3n) is 5.10. The van der Waals surface area contributed by atoms with E-state index in [0.29, 0.717) is 17.6 Å². The zero-order valence-electron chi connectivity index (χ0n) is 12.6. The Morgan fingerprint density at radius 3 is 2.68 bits per heavy atom. The van der Waals surface area contributed by atoms with Crippen molar-refractivity contribution in [2.75, 3.05) is 0 Å². The molecule has 0 spiro atoms. The van der Waals surface area contributed by atoms with E-state index in [1.807, 2.05) is 6.92 Å². The van der Waals surface area contributed by atoms with Crippen LogP contribution in [0.5, 0.6) is 0 Å². The summed E-state index contributed by atoms with van der Waals surface area (Å²) in [6.07, 6.45) is 2.74. The summed E-state index contributed by atoms with van der Waals surface area (Å²) in [7, 11) is 0. The van der Waals surface area contributed by atoms with Crippen molar-refractivity contribution < 1.29 is 23.9 Å². The SMILES string of the molecule is C=C1C(=O)C=C[C@@]2(C)[C@@H](OC(C)=O)C[C@H]3C(=C)C(=O)O[C@@H]3[C@@H]12. The topological polar surface area (TPSA) is 69.7 Å². The van der Waals surface area contributed by atoms with E-state index in [0.717, 1.165) is 0 Å². The Morgan fingerprint density at radius 1 is 1.36 bits per heavy atom. The predicted molar refractivity (Wildman–Crippen MR) is 77.6 cm³/mol. The van der Waals surface area contributed by atoms with Crippen LogP contribution in [0.3, 0.4) is 0 Å². The summed E-state index contributed by atoms with van der Waals surface area (Å²) in [6, 6.07) is 0. The highest BCUT2D eigenvalue weighted by Crippen LogP contribution is 2.55. The highest BCUT2D eigenvalue weighted by atomic mass is 16.6. The van der Waals surface area contributed by atoms with E-state index in [1.165, 1.54) is 13.0 Å². The average molecular weight is 302 g/mol. The summed E-state index contributed by atoms with van der Waals surface area (Å²) in [5.74, 6) is -1.69. The molecule has 0 bridgehead atoms. The quantitative estimate of drug-likeness (QED) is 0.545. The zero-order chi connectivity index (χ0) is 16.2. The number of rotatable bonds is 1. The van der Waals surface area contributed by atoms with Crippen molar-refractivity contribution in [3.8, 4) is 0 Å². The molecule has 0 radical (unpaired) electrons. The number of allylic oxidation sites excluding steroid dienone is 1. The second-order valence-corrected chi connectivity index (χ2v) is 6.40. The number of ether oxygens (including phenoxy) is 2. The highest BCUT2D eigenvalue weighted by molar-refractivity contribution is 6.05. The molecule has 1 heterocycles. The van der Waals surface area contributed by atoms with Gasteiger partial charge in [-0.2, -0.15) is 0 Å². The lowest BCUT2D eigenvalue weighted by molar-refractivity contribution is -0.167. The van der Waals surface area contributed by atoms with Crippen molar-refractivity contribution in [1.29, 1.82) is 0 Å². The van der Waals surface area contributed by atoms with E-state index in [2.05, 4.69) is 13.2 Å². The maximum absolute atomic E-state index is 12.0. The molecule has 0 aromatic rings. The molecular formula is C17H18O5. The molecule has 5 nitrogen and oxygen atoms in total. The first-order valence-electron chi connectivity index (χ1n) is 7.25. The minimum atomic E-state index is -0.622. The van der Waals surface area contributed by atoms with Crippen LogP contribution in [0, 0.1) is 17.3 Å². The molecule has 0 aromatic carbocycles. The lowest BCUT2D eigenvalue weighted by Crippen LogP contribution is -2.55. The molecule has 3 aliphatic rings. The molecular weight excluding hydrogens is 284 g/mol. The molecule has 0 unspecified atom stereocenters. The molecule has 22 heavy (non-hydrogen) atoms. The van der Waals surface area contributed by atoms with Crippen molar-refractivity contribution in [3.05, 3.63) is 36.5 Å². The lowest BCUT2D eigenvalue weighted by atomic mass is 9.56. The Hall–Kier alpha value is -2.17. The van der Waals surface area contributed by atoms with Crippen LogP contribution in [-0.2, 0) is 23.9 Å². The summed E-state index contributed by atoms with van der Waals surface area (Å²) in [4.78, 5) is 35.3. The molecule has 1 saturated heterocycles. The second-order valence-electron chi connectivity index (χ2n) is 6.40.